The molecule has 0 saturated heterocycles. The number of hydrogen-bond acceptors (Lipinski definition) is 3. The van der Waals surface area contributed by atoms with E-state index in [1.807, 2.05) is 24.3 Å². The molecule has 4 rings (SSSR count). The van der Waals surface area contributed by atoms with Crippen LogP contribution in [-0.4, -0.2) is 25.8 Å². The number of para-hydroxylation sites is 2. The number of aromatic nitrogens is 4. The summed E-state index contributed by atoms with van der Waals surface area (Å²) in [6.07, 6.45) is -1.99. The number of nitrogens with zero attached hydrogens (tertiary/aromatic N) is 2. The first kappa shape index (κ1) is 19.0. The maximum atomic E-state index is 12.9. The van der Waals surface area contributed by atoms with Crippen LogP contribution in [0.4, 0.5) is 8.78 Å². The van der Waals surface area contributed by atoms with Gasteiger partial charge in [0.25, 0.3) is 12.3 Å². The van der Waals surface area contributed by atoms with Crippen LogP contribution in [0.5, 0.6) is 0 Å². The smallest absolute Gasteiger partial charge is 0.295 e. The standard InChI is InChI=1S/C21H21F2N5O/c1-11(2)9-17(19-24-13-5-3-4-6-14(13)25-19)28-21(29)12-7-8-15-16(10-12)27-20(26-15)18(22)23/h3-8,10-11,17-18H,9H2,1-2H3,(H,24,25)(H,26,27)(H,28,29). The minimum atomic E-state index is -2.69. The molecule has 8 heteroatoms. The molecule has 1 amide bonds. The molecule has 2 heterocycles. The topological polar surface area (TPSA) is 86.5 Å². The van der Waals surface area contributed by atoms with E-state index in [1.54, 1.807) is 12.1 Å². The Kier molecular flexibility index (Phi) is 5.00. The van der Waals surface area contributed by atoms with Gasteiger partial charge in [-0.3, -0.25) is 4.79 Å². The molecule has 0 bridgehead atoms. The monoisotopic (exact) mass is 397 g/mol. The molecule has 150 valence electrons. The zero-order chi connectivity index (χ0) is 20.5. The number of benzene rings is 2. The van der Waals surface area contributed by atoms with Crippen molar-refractivity contribution in [2.45, 2.75) is 32.7 Å². The van der Waals surface area contributed by atoms with Crippen LogP contribution in [0.15, 0.2) is 42.5 Å². The number of nitrogens with one attached hydrogen (secondary N) is 3. The number of rotatable bonds is 6. The number of halogens is 2. The second-order valence-corrected chi connectivity index (χ2v) is 7.45. The van der Waals surface area contributed by atoms with E-state index < -0.39 is 12.2 Å². The maximum absolute atomic E-state index is 12.9. The van der Waals surface area contributed by atoms with Gasteiger partial charge in [0, 0.05) is 5.56 Å². The predicted molar refractivity (Wildman–Crippen MR) is 107 cm³/mol. The third-order valence-corrected chi connectivity index (χ3v) is 4.72. The van der Waals surface area contributed by atoms with Crippen molar-refractivity contribution >= 4 is 28.0 Å². The van der Waals surface area contributed by atoms with Crippen molar-refractivity contribution in [3.8, 4) is 0 Å². The Morgan fingerprint density at radius 2 is 1.69 bits per heavy atom. The summed E-state index contributed by atoms with van der Waals surface area (Å²) >= 11 is 0. The van der Waals surface area contributed by atoms with Gasteiger partial charge in [-0.25, -0.2) is 18.7 Å². The van der Waals surface area contributed by atoms with Crippen molar-refractivity contribution in [2.24, 2.45) is 5.92 Å². The average Bonchev–Trinajstić information content (AvgIpc) is 3.30. The molecule has 0 saturated carbocycles. The van der Waals surface area contributed by atoms with E-state index >= 15 is 0 Å². The van der Waals surface area contributed by atoms with E-state index in [0.29, 0.717) is 34.8 Å². The molecule has 29 heavy (non-hydrogen) atoms. The van der Waals surface area contributed by atoms with E-state index in [9.17, 15) is 13.6 Å². The van der Waals surface area contributed by atoms with Gasteiger partial charge in [0.1, 0.15) is 5.82 Å². The predicted octanol–water partition coefficient (Wildman–Crippen LogP) is 4.89. The quantitative estimate of drug-likeness (QED) is 0.433. The average molecular weight is 397 g/mol. The number of hydrogen-bond donors (Lipinski definition) is 3. The van der Waals surface area contributed by atoms with Crippen LogP contribution >= 0.6 is 0 Å². The number of H-pyrrole nitrogens is 2. The van der Waals surface area contributed by atoms with Gasteiger partial charge in [-0.05, 0) is 42.7 Å². The highest BCUT2D eigenvalue weighted by Crippen LogP contribution is 2.24. The normalized spacial score (nSPS) is 12.9. The summed E-state index contributed by atoms with van der Waals surface area (Å²) in [6, 6.07) is 12.1. The van der Waals surface area contributed by atoms with Gasteiger partial charge in [0.05, 0.1) is 28.1 Å². The molecule has 0 aliphatic heterocycles. The number of fused-ring (bicyclic) bond motifs is 2. The van der Waals surface area contributed by atoms with Gasteiger partial charge < -0.3 is 15.3 Å². The number of amides is 1. The molecular formula is C21H21F2N5O. The second-order valence-electron chi connectivity index (χ2n) is 7.45. The summed E-state index contributed by atoms with van der Waals surface area (Å²) in [6.45, 7) is 4.15. The molecule has 3 N–H and O–H groups in total. The molecule has 0 spiro atoms. The van der Waals surface area contributed by atoms with Crippen LogP contribution in [-0.2, 0) is 0 Å². The van der Waals surface area contributed by atoms with Gasteiger partial charge in [-0.1, -0.05) is 26.0 Å². The number of carbonyl (C=O) groups is 1. The van der Waals surface area contributed by atoms with Gasteiger partial charge in [0.2, 0.25) is 0 Å². The molecule has 2 aromatic carbocycles. The van der Waals surface area contributed by atoms with E-state index in [1.165, 1.54) is 6.07 Å². The first-order chi connectivity index (χ1) is 13.9. The number of aromatic amines is 2. The highest BCUT2D eigenvalue weighted by Gasteiger charge is 2.21. The SMILES string of the molecule is CC(C)CC(NC(=O)c1ccc2nc(C(F)F)[nH]c2c1)c1nc2ccccc2[nH]1. The highest BCUT2D eigenvalue weighted by atomic mass is 19.3. The fraction of sp³-hybridized carbons (Fsp3) is 0.286. The van der Waals surface area contributed by atoms with Crippen molar-refractivity contribution in [3.05, 3.63) is 59.7 Å². The van der Waals surface area contributed by atoms with Crippen molar-refractivity contribution in [3.63, 3.8) is 0 Å². The lowest BCUT2D eigenvalue weighted by molar-refractivity contribution is 0.0930. The summed E-state index contributed by atoms with van der Waals surface area (Å²) in [4.78, 5) is 27.2. The Bertz CT molecular complexity index is 1130. The van der Waals surface area contributed by atoms with E-state index in [0.717, 1.165) is 11.0 Å². The van der Waals surface area contributed by atoms with Crippen LogP contribution in [0.25, 0.3) is 22.1 Å². The Morgan fingerprint density at radius 3 is 2.41 bits per heavy atom. The molecular weight excluding hydrogens is 376 g/mol. The van der Waals surface area contributed by atoms with Gasteiger partial charge in [0.15, 0.2) is 5.82 Å². The van der Waals surface area contributed by atoms with Gasteiger partial charge in [-0.15, -0.1) is 0 Å². The molecule has 2 aromatic heterocycles. The molecule has 6 nitrogen and oxygen atoms in total. The van der Waals surface area contributed by atoms with E-state index in [-0.39, 0.29) is 11.9 Å². The second kappa shape index (κ2) is 7.62. The maximum Gasteiger partial charge on any atom is 0.295 e. The fourth-order valence-electron chi connectivity index (χ4n) is 3.36. The Balaban J connectivity index is 1.61. The van der Waals surface area contributed by atoms with Gasteiger partial charge >= 0.3 is 0 Å². The molecule has 0 aliphatic rings. The fourth-order valence-corrected chi connectivity index (χ4v) is 3.36. The van der Waals surface area contributed by atoms with Crippen molar-refractivity contribution < 1.29 is 13.6 Å². The molecule has 4 aromatic rings. The van der Waals surface area contributed by atoms with Crippen molar-refractivity contribution in [1.82, 2.24) is 25.3 Å². The molecule has 0 aliphatic carbocycles. The zero-order valence-corrected chi connectivity index (χ0v) is 16.0. The largest absolute Gasteiger partial charge is 0.342 e. The third-order valence-electron chi connectivity index (χ3n) is 4.72. The summed E-state index contributed by atoms with van der Waals surface area (Å²) in [5.74, 6) is 0.316. The Morgan fingerprint density at radius 1 is 1.00 bits per heavy atom. The molecule has 1 unspecified atom stereocenters. The van der Waals surface area contributed by atoms with Crippen LogP contribution in [0.2, 0.25) is 0 Å². The number of imidazole rings is 2. The van der Waals surface area contributed by atoms with Crippen molar-refractivity contribution in [2.75, 3.05) is 0 Å². The number of alkyl halides is 2. The lowest BCUT2D eigenvalue weighted by Gasteiger charge is -2.18. The first-order valence-corrected chi connectivity index (χ1v) is 9.44. The molecule has 1 atom stereocenters. The summed E-state index contributed by atoms with van der Waals surface area (Å²) in [7, 11) is 0. The van der Waals surface area contributed by atoms with E-state index in [4.69, 9.17) is 0 Å². The lowest BCUT2D eigenvalue weighted by atomic mass is 10.0. The summed E-state index contributed by atoms with van der Waals surface area (Å²) in [5.41, 5.74) is 2.91. The Hall–Kier alpha value is -3.29. The highest BCUT2D eigenvalue weighted by molar-refractivity contribution is 5.97. The first-order valence-electron chi connectivity index (χ1n) is 9.44. The van der Waals surface area contributed by atoms with Crippen LogP contribution in [0, 0.1) is 5.92 Å². The van der Waals surface area contributed by atoms with Crippen LogP contribution < -0.4 is 5.32 Å². The third kappa shape index (κ3) is 3.96. The minimum absolute atomic E-state index is 0.300. The van der Waals surface area contributed by atoms with Gasteiger partial charge in [-0.2, -0.15) is 0 Å². The number of carbonyl (C=O) groups excluding carboxylic acids is 1. The van der Waals surface area contributed by atoms with Crippen molar-refractivity contribution in [1.29, 1.82) is 0 Å². The molecule has 0 fully saturated rings. The van der Waals surface area contributed by atoms with Crippen LogP contribution in [0.3, 0.4) is 0 Å². The lowest BCUT2D eigenvalue weighted by Crippen LogP contribution is -2.30. The van der Waals surface area contributed by atoms with Crippen LogP contribution in [0.1, 0.15) is 54.7 Å². The summed E-state index contributed by atoms with van der Waals surface area (Å²) in [5, 5.41) is 3.02. The minimum Gasteiger partial charge on any atom is -0.342 e. The molecule has 0 radical (unpaired) electrons. The summed E-state index contributed by atoms with van der Waals surface area (Å²) < 4.78 is 25.7. The Labute approximate surface area is 165 Å². The zero-order valence-electron chi connectivity index (χ0n) is 16.0. The van der Waals surface area contributed by atoms with E-state index in [2.05, 4.69) is 39.1 Å².